The summed E-state index contributed by atoms with van der Waals surface area (Å²) in [5.41, 5.74) is 0. The fourth-order valence-electron chi connectivity index (χ4n) is 4.11. The molecule has 1 heterocycles. The predicted octanol–water partition coefficient (Wildman–Crippen LogP) is 3.52. The lowest BCUT2D eigenvalue weighted by atomic mass is 9.82. The average Bonchev–Trinajstić information content (AvgIpc) is 2.40. The van der Waals surface area contributed by atoms with Gasteiger partial charge in [-0.15, -0.1) is 0 Å². The third-order valence-corrected chi connectivity index (χ3v) is 5.02. The number of hydrogen-bond acceptors (Lipinski definition) is 2. The van der Waals surface area contributed by atoms with E-state index in [-0.39, 0.29) is 0 Å². The molecule has 1 aliphatic heterocycles. The topological polar surface area (TPSA) is 15.3 Å². The Morgan fingerprint density at radius 3 is 2.53 bits per heavy atom. The summed E-state index contributed by atoms with van der Waals surface area (Å²) in [4.78, 5) is 2.78. The molecule has 1 aliphatic carbocycles. The van der Waals surface area contributed by atoms with Gasteiger partial charge in [0, 0.05) is 13.1 Å². The van der Waals surface area contributed by atoms with Gasteiger partial charge in [0.25, 0.3) is 0 Å². The summed E-state index contributed by atoms with van der Waals surface area (Å²) in [6.07, 6.45) is 10.0. The van der Waals surface area contributed by atoms with E-state index in [1.807, 2.05) is 0 Å². The van der Waals surface area contributed by atoms with Gasteiger partial charge in [0.05, 0.1) is 0 Å². The van der Waals surface area contributed by atoms with Crippen molar-refractivity contribution >= 4 is 0 Å². The van der Waals surface area contributed by atoms with Crippen LogP contribution in [0.25, 0.3) is 0 Å². The maximum atomic E-state index is 3.57. The second kappa shape index (κ2) is 8.26. The Morgan fingerprint density at radius 1 is 1.05 bits per heavy atom. The first-order valence-electron chi connectivity index (χ1n) is 8.71. The lowest BCUT2D eigenvalue weighted by molar-refractivity contribution is 0.151. The normalized spacial score (nSPS) is 32.7. The van der Waals surface area contributed by atoms with Crippen molar-refractivity contribution < 1.29 is 0 Å². The lowest BCUT2D eigenvalue weighted by Crippen LogP contribution is -2.41. The van der Waals surface area contributed by atoms with Gasteiger partial charge in [-0.2, -0.15) is 0 Å². The van der Waals surface area contributed by atoms with Crippen molar-refractivity contribution in [1.29, 1.82) is 0 Å². The summed E-state index contributed by atoms with van der Waals surface area (Å²) in [5, 5.41) is 3.57. The van der Waals surface area contributed by atoms with E-state index in [0.717, 1.165) is 17.8 Å². The van der Waals surface area contributed by atoms with Crippen molar-refractivity contribution in [3.05, 3.63) is 0 Å². The summed E-state index contributed by atoms with van der Waals surface area (Å²) in [6, 6.07) is 0. The maximum absolute atomic E-state index is 3.57. The standard InChI is InChI=1S/C17H34N2/c1-3-10-19(14-17-8-5-9-18-12-17)13-16-7-4-6-15(2)11-16/h15-18H,3-14H2,1-2H3. The molecular formula is C17H34N2. The van der Waals surface area contributed by atoms with Crippen LogP contribution in [0, 0.1) is 17.8 Å². The van der Waals surface area contributed by atoms with Crippen molar-refractivity contribution in [2.75, 3.05) is 32.7 Å². The number of rotatable bonds is 6. The van der Waals surface area contributed by atoms with Crippen LogP contribution in [0.5, 0.6) is 0 Å². The lowest BCUT2D eigenvalue weighted by Gasteiger charge is -2.35. The molecule has 0 aromatic rings. The first kappa shape index (κ1) is 15.3. The molecule has 112 valence electrons. The van der Waals surface area contributed by atoms with Crippen LogP contribution in [0.1, 0.15) is 58.8 Å². The zero-order valence-corrected chi connectivity index (χ0v) is 13.2. The van der Waals surface area contributed by atoms with E-state index >= 15 is 0 Å². The van der Waals surface area contributed by atoms with E-state index < -0.39 is 0 Å². The highest BCUT2D eigenvalue weighted by Crippen LogP contribution is 2.29. The first-order valence-corrected chi connectivity index (χ1v) is 8.71. The molecule has 0 bridgehead atoms. The van der Waals surface area contributed by atoms with Crippen LogP contribution < -0.4 is 5.32 Å². The van der Waals surface area contributed by atoms with Crippen LogP contribution >= 0.6 is 0 Å². The molecule has 2 heteroatoms. The van der Waals surface area contributed by atoms with E-state index in [9.17, 15) is 0 Å². The molecule has 1 N–H and O–H groups in total. The van der Waals surface area contributed by atoms with Crippen LogP contribution in [0.4, 0.5) is 0 Å². The zero-order chi connectivity index (χ0) is 13.5. The van der Waals surface area contributed by atoms with Crippen LogP contribution in [0.3, 0.4) is 0 Å². The fourth-order valence-corrected chi connectivity index (χ4v) is 4.11. The van der Waals surface area contributed by atoms with Crippen molar-refractivity contribution in [1.82, 2.24) is 10.2 Å². The Hall–Kier alpha value is -0.0800. The van der Waals surface area contributed by atoms with Gasteiger partial charge >= 0.3 is 0 Å². The van der Waals surface area contributed by atoms with E-state index in [4.69, 9.17) is 0 Å². The van der Waals surface area contributed by atoms with Gasteiger partial charge in [-0.3, -0.25) is 0 Å². The highest BCUT2D eigenvalue weighted by molar-refractivity contribution is 4.77. The summed E-state index contributed by atoms with van der Waals surface area (Å²) in [5.74, 6) is 2.85. The molecule has 0 aromatic heterocycles. The van der Waals surface area contributed by atoms with Crippen LogP contribution in [-0.2, 0) is 0 Å². The monoisotopic (exact) mass is 266 g/mol. The van der Waals surface area contributed by atoms with Gasteiger partial charge in [0.15, 0.2) is 0 Å². The third kappa shape index (κ3) is 5.43. The molecule has 0 spiro atoms. The molecule has 0 aromatic carbocycles. The van der Waals surface area contributed by atoms with E-state index in [1.165, 1.54) is 77.7 Å². The molecule has 2 fully saturated rings. The van der Waals surface area contributed by atoms with Crippen molar-refractivity contribution in [3.63, 3.8) is 0 Å². The fraction of sp³-hybridized carbons (Fsp3) is 1.00. The Bertz CT molecular complexity index is 235. The van der Waals surface area contributed by atoms with Crippen LogP contribution in [0.15, 0.2) is 0 Å². The molecule has 2 rings (SSSR count). The Kier molecular flexibility index (Phi) is 6.66. The molecule has 19 heavy (non-hydrogen) atoms. The van der Waals surface area contributed by atoms with Gasteiger partial charge < -0.3 is 10.2 Å². The molecular weight excluding hydrogens is 232 g/mol. The second-order valence-corrected chi connectivity index (χ2v) is 7.11. The van der Waals surface area contributed by atoms with Crippen molar-refractivity contribution in [2.45, 2.75) is 58.8 Å². The minimum atomic E-state index is 0.904. The van der Waals surface area contributed by atoms with E-state index in [2.05, 4.69) is 24.1 Å². The summed E-state index contributed by atoms with van der Waals surface area (Å²) in [6.45, 7) is 11.3. The van der Waals surface area contributed by atoms with Crippen LogP contribution in [0.2, 0.25) is 0 Å². The summed E-state index contributed by atoms with van der Waals surface area (Å²) < 4.78 is 0. The SMILES string of the molecule is CCCN(CC1CCCNC1)CC1CCCC(C)C1. The molecule has 2 aliphatic rings. The highest BCUT2D eigenvalue weighted by atomic mass is 15.1. The van der Waals surface area contributed by atoms with Crippen molar-refractivity contribution in [3.8, 4) is 0 Å². The van der Waals surface area contributed by atoms with Crippen LogP contribution in [-0.4, -0.2) is 37.6 Å². The van der Waals surface area contributed by atoms with Gasteiger partial charge in [0.1, 0.15) is 0 Å². The minimum absolute atomic E-state index is 0.904. The molecule has 0 radical (unpaired) electrons. The zero-order valence-electron chi connectivity index (χ0n) is 13.2. The van der Waals surface area contributed by atoms with Crippen molar-refractivity contribution in [2.24, 2.45) is 17.8 Å². The number of nitrogens with zero attached hydrogens (tertiary/aromatic N) is 1. The Morgan fingerprint density at radius 2 is 1.84 bits per heavy atom. The molecule has 0 amide bonds. The summed E-state index contributed by atoms with van der Waals surface area (Å²) in [7, 11) is 0. The molecule has 1 saturated carbocycles. The average molecular weight is 266 g/mol. The highest BCUT2D eigenvalue weighted by Gasteiger charge is 2.23. The van der Waals surface area contributed by atoms with Gasteiger partial charge in [-0.25, -0.2) is 0 Å². The maximum Gasteiger partial charge on any atom is 0.00219 e. The van der Waals surface area contributed by atoms with Gasteiger partial charge in [0.2, 0.25) is 0 Å². The Labute approximate surface area is 120 Å². The largest absolute Gasteiger partial charge is 0.316 e. The van der Waals surface area contributed by atoms with Gasteiger partial charge in [-0.1, -0.05) is 26.7 Å². The van der Waals surface area contributed by atoms with E-state index in [0.29, 0.717) is 0 Å². The predicted molar refractivity (Wildman–Crippen MR) is 83.4 cm³/mol. The Balaban J connectivity index is 1.77. The number of hydrogen-bond donors (Lipinski definition) is 1. The second-order valence-electron chi connectivity index (χ2n) is 7.11. The first-order chi connectivity index (χ1) is 9.28. The third-order valence-electron chi connectivity index (χ3n) is 5.02. The van der Waals surface area contributed by atoms with Gasteiger partial charge in [-0.05, 0) is 69.5 Å². The molecule has 3 atom stereocenters. The smallest absolute Gasteiger partial charge is 0.00219 e. The number of piperidine rings is 1. The summed E-state index contributed by atoms with van der Waals surface area (Å²) >= 11 is 0. The minimum Gasteiger partial charge on any atom is -0.316 e. The van der Waals surface area contributed by atoms with E-state index in [1.54, 1.807) is 0 Å². The number of nitrogens with one attached hydrogen (secondary N) is 1. The molecule has 2 nitrogen and oxygen atoms in total. The molecule has 1 saturated heterocycles. The molecule has 3 unspecified atom stereocenters. The quantitative estimate of drug-likeness (QED) is 0.791.